The van der Waals surface area contributed by atoms with E-state index in [4.69, 9.17) is 5.73 Å². The van der Waals surface area contributed by atoms with Gasteiger partial charge in [-0.25, -0.2) is 4.98 Å². The fourth-order valence-corrected chi connectivity index (χ4v) is 1.02. The largest absolute Gasteiger partial charge is 0.370 e. The third-order valence-corrected chi connectivity index (χ3v) is 1.77. The molecule has 1 heterocycles. The Hall–Kier alpha value is -1.92. The Morgan fingerprint density at radius 3 is 2.87 bits per heavy atom. The Labute approximate surface area is 86.5 Å². The van der Waals surface area contributed by atoms with Crippen molar-refractivity contribution in [3.8, 4) is 0 Å². The molecule has 0 saturated carbocycles. The highest BCUT2D eigenvalue weighted by Crippen LogP contribution is 1.93. The number of nitrogens with one attached hydrogen (secondary N) is 2. The molecule has 82 valence electrons. The SMILES string of the molecule is NC(=O)CCCCNC(=O)c1ncn[nH]1. The third-order valence-electron chi connectivity index (χ3n) is 1.77. The zero-order valence-electron chi connectivity index (χ0n) is 8.19. The normalized spacial score (nSPS) is 9.87. The Morgan fingerprint density at radius 1 is 1.47 bits per heavy atom. The van der Waals surface area contributed by atoms with Crippen molar-refractivity contribution >= 4 is 11.8 Å². The summed E-state index contributed by atoms with van der Waals surface area (Å²) in [7, 11) is 0. The lowest BCUT2D eigenvalue weighted by Gasteiger charge is -2.01. The van der Waals surface area contributed by atoms with Gasteiger partial charge in [-0.2, -0.15) is 5.10 Å². The lowest BCUT2D eigenvalue weighted by molar-refractivity contribution is -0.118. The number of carbonyl (C=O) groups is 2. The number of hydrogen-bond acceptors (Lipinski definition) is 4. The molecule has 7 heteroatoms. The smallest absolute Gasteiger partial charge is 0.288 e. The Balaban J connectivity index is 2.10. The molecule has 7 nitrogen and oxygen atoms in total. The monoisotopic (exact) mass is 211 g/mol. The summed E-state index contributed by atoms with van der Waals surface area (Å²) in [4.78, 5) is 25.4. The summed E-state index contributed by atoms with van der Waals surface area (Å²) in [5, 5.41) is 8.64. The number of primary amides is 1. The van der Waals surface area contributed by atoms with E-state index in [1.54, 1.807) is 0 Å². The average molecular weight is 211 g/mol. The van der Waals surface area contributed by atoms with Gasteiger partial charge in [0.05, 0.1) is 0 Å². The van der Waals surface area contributed by atoms with Gasteiger partial charge in [0.1, 0.15) is 6.33 Å². The van der Waals surface area contributed by atoms with E-state index in [0.29, 0.717) is 25.8 Å². The summed E-state index contributed by atoms with van der Waals surface area (Å²) >= 11 is 0. The highest BCUT2D eigenvalue weighted by atomic mass is 16.2. The fourth-order valence-electron chi connectivity index (χ4n) is 1.02. The van der Waals surface area contributed by atoms with Crippen molar-refractivity contribution in [2.75, 3.05) is 6.54 Å². The molecule has 0 fully saturated rings. The van der Waals surface area contributed by atoms with Gasteiger partial charge in [0.25, 0.3) is 5.91 Å². The van der Waals surface area contributed by atoms with E-state index in [1.807, 2.05) is 0 Å². The molecule has 0 spiro atoms. The molecule has 1 aromatic heterocycles. The zero-order chi connectivity index (χ0) is 11.1. The highest BCUT2D eigenvalue weighted by Gasteiger charge is 2.06. The number of nitrogens with zero attached hydrogens (tertiary/aromatic N) is 2. The molecule has 0 aliphatic rings. The minimum absolute atomic E-state index is 0.185. The number of hydrogen-bond donors (Lipinski definition) is 3. The van der Waals surface area contributed by atoms with E-state index in [-0.39, 0.29) is 17.6 Å². The summed E-state index contributed by atoms with van der Waals surface area (Å²) in [6.45, 7) is 0.493. The van der Waals surface area contributed by atoms with Crippen LogP contribution in [0.3, 0.4) is 0 Å². The van der Waals surface area contributed by atoms with Crippen LogP contribution in [0, 0.1) is 0 Å². The lowest BCUT2D eigenvalue weighted by atomic mass is 10.2. The van der Waals surface area contributed by atoms with E-state index in [2.05, 4.69) is 20.5 Å². The minimum Gasteiger partial charge on any atom is -0.370 e. The molecular weight excluding hydrogens is 198 g/mol. The molecule has 0 aromatic carbocycles. The van der Waals surface area contributed by atoms with E-state index < -0.39 is 0 Å². The van der Waals surface area contributed by atoms with Crippen molar-refractivity contribution in [3.63, 3.8) is 0 Å². The van der Waals surface area contributed by atoms with Gasteiger partial charge in [0.2, 0.25) is 11.7 Å². The van der Waals surface area contributed by atoms with Crippen LogP contribution in [0.15, 0.2) is 6.33 Å². The molecule has 15 heavy (non-hydrogen) atoms. The number of nitrogens with two attached hydrogens (primary N) is 1. The van der Waals surface area contributed by atoms with Crippen molar-refractivity contribution in [1.29, 1.82) is 0 Å². The fraction of sp³-hybridized carbons (Fsp3) is 0.500. The van der Waals surface area contributed by atoms with Crippen LogP contribution in [-0.2, 0) is 4.79 Å². The number of unbranched alkanes of at least 4 members (excludes halogenated alkanes) is 1. The zero-order valence-corrected chi connectivity index (χ0v) is 8.19. The van der Waals surface area contributed by atoms with Gasteiger partial charge >= 0.3 is 0 Å². The van der Waals surface area contributed by atoms with Crippen molar-refractivity contribution in [3.05, 3.63) is 12.2 Å². The number of aromatic amines is 1. The molecule has 0 atom stereocenters. The summed E-state index contributed by atoms with van der Waals surface area (Å²) in [5.41, 5.74) is 4.96. The Morgan fingerprint density at radius 2 is 2.27 bits per heavy atom. The molecule has 0 bridgehead atoms. The van der Waals surface area contributed by atoms with Crippen molar-refractivity contribution in [2.24, 2.45) is 5.73 Å². The maximum atomic E-state index is 11.3. The van der Waals surface area contributed by atoms with E-state index in [9.17, 15) is 9.59 Å². The third kappa shape index (κ3) is 4.21. The Bertz CT molecular complexity index is 322. The quantitative estimate of drug-likeness (QED) is 0.534. The van der Waals surface area contributed by atoms with Gasteiger partial charge in [0.15, 0.2) is 0 Å². The summed E-state index contributed by atoms with van der Waals surface area (Å²) in [6, 6.07) is 0. The number of aromatic nitrogens is 3. The van der Waals surface area contributed by atoms with Gasteiger partial charge in [-0.05, 0) is 12.8 Å². The van der Waals surface area contributed by atoms with Crippen LogP contribution in [0.1, 0.15) is 29.9 Å². The molecule has 0 unspecified atom stereocenters. The number of H-pyrrole nitrogens is 1. The molecule has 0 radical (unpaired) electrons. The summed E-state index contributed by atoms with van der Waals surface area (Å²) in [6.07, 6.45) is 3.00. The molecular formula is C8H13N5O2. The van der Waals surface area contributed by atoms with Gasteiger partial charge in [-0.1, -0.05) is 0 Å². The van der Waals surface area contributed by atoms with Crippen LogP contribution in [0.25, 0.3) is 0 Å². The van der Waals surface area contributed by atoms with Crippen LogP contribution in [-0.4, -0.2) is 33.5 Å². The average Bonchev–Trinajstić information content (AvgIpc) is 2.69. The van der Waals surface area contributed by atoms with Crippen molar-refractivity contribution in [1.82, 2.24) is 20.5 Å². The van der Waals surface area contributed by atoms with E-state index >= 15 is 0 Å². The predicted molar refractivity (Wildman–Crippen MR) is 51.8 cm³/mol. The molecule has 4 N–H and O–H groups in total. The standard InChI is InChI=1S/C8H13N5O2/c9-6(14)3-1-2-4-10-8(15)7-11-5-12-13-7/h5H,1-4H2,(H2,9,14)(H,10,15)(H,11,12,13). The molecule has 0 aliphatic carbocycles. The highest BCUT2D eigenvalue weighted by molar-refractivity contribution is 5.90. The first kappa shape index (κ1) is 11.2. The number of rotatable bonds is 6. The predicted octanol–water partition coefficient (Wildman–Crippen LogP) is -0.810. The van der Waals surface area contributed by atoms with Gasteiger partial charge in [-0.15, -0.1) is 0 Å². The van der Waals surface area contributed by atoms with Crippen LogP contribution < -0.4 is 11.1 Å². The molecule has 2 amide bonds. The topological polar surface area (TPSA) is 114 Å². The van der Waals surface area contributed by atoms with E-state index in [1.165, 1.54) is 6.33 Å². The van der Waals surface area contributed by atoms with Crippen LogP contribution in [0.4, 0.5) is 0 Å². The number of carbonyl (C=O) groups excluding carboxylic acids is 2. The maximum absolute atomic E-state index is 11.3. The second-order valence-corrected chi connectivity index (χ2v) is 3.01. The maximum Gasteiger partial charge on any atom is 0.288 e. The first-order chi connectivity index (χ1) is 7.20. The van der Waals surface area contributed by atoms with Crippen molar-refractivity contribution in [2.45, 2.75) is 19.3 Å². The molecule has 0 aliphatic heterocycles. The van der Waals surface area contributed by atoms with Crippen LogP contribution >= 0.6 is 0 Å². The van der Waals surface area contributed by atoms with Gasteiger partial charge in [-0.3, -0.25) is 14.7 Å². The van der Waals surface area contributed by atoms with Crippen molar-refractivity contribution < 1.29 is 9.59 Å². The first-order valence-corrected chi connectivity index (χ1v) is 4.62. The number of amides is 2. The summed E-state index contributed by atoms with van der Waals surface area (Å²) < 4.78 is 0. The van der Waals surface area contributed by atoms with Gasteiger partial charge in [0, 0.05) is 13.0 Å². The Kier molecular flexibility index (Phi) is 4.27. The molecule has 1 aromatic rings. The second-order valence-electron chi connectivity index (χ2n) is 3.01. The van der Waals surface area contributed by atoms with Gasteiger partial charge < -0.3 is 11.1 Å². The first-order valence-electron chi connectivity index (χ1n) is 4.62. The molecule has 1 rings (SSSR count). The summed E-state index contributed by atoms with van der Waals surface area (Å²) in [5.74, 6) is -0.437. The van der Waals surface area contributed by atoms with Crippen LogP contribution in [0.2, 0.25) is 0 Å². The molecule has 0 saturated heterocycles. The van der Waals surface area contributed by atoms with Crippen LogP contribution in [0.5, 0.6) is 0 Å². The second kappa shape index (κ2) is 5.74. The lowest BCUT2D eigenvalue weighted by Crippen LogP contribution is -2.25. The van der Waals surface area contributed by atoms with E-state index in [0.717, 1.165) is 0 Å². The minimum atomic E-state index is -0.323.